The van der Waals surface area contributed by atoms with Gasteiger partial charge in [-0.25, -0.2) is 0 Å². The second-order valence-corrected chi connectivity index (χ2v) is 9.83. The van der Waals surface area contributed by atoms with Gasteiger partial charge in [-0.2, -0.15) is 16.7 Å². The van der Waals surface area contributed by atoms with Crippen LogP contribution in [0.5, 0.6) is 0 Å². The van der Waals surface area contributed by atoms with Crippen molar-refractivity contribution in [2.75, 3.05) is 12.3 Å². The zero-order valence-electron chi connectivity index (χ0n) is 13.3. The molecule has 4 unspecified atom stereocenters. The molecule has 2 fully saturated rings. The monoisotopic (exact) mass is 327 g/mol. The number of hydrogen-bond acceptors (Lipinski definition) is 6. The Bertz CT molecular complexity index is 491. The molecular weight excluding hydrogens is 302 g/mol. The maximum Gasteiger partial charge on any atom is 0.244 e. The van der Waals surface area contributed by atoms with Crippen LogP contribution in [-0.4, -0.2) is 32.9 Å². The number of hydrogen-bond donors (Lipinski definition) is 1. The van der Waals surface area contributed by atoms with Gasteiger partial charge in [0.2, 0.25) is 5.89 Å². The summed E-state index contributed by atoms with van der Waals surface area (Å²) >= 11 is 4.00. The molecule has 1 N–H and O–H groups in total. The molecule has 1 aromatic heterocycles. The summed E-state index contributed by atoms with van der Waals surface area (Å²) in [6.07, 6.45) is 2.42. The van der Waals surface area contributed by atoms with E-state index >= 15 is 0 Å². The molecule has 4 atom stereocenters. The summed E-state index contributed by atoms with van der Waals surface area (Å²) in [5.41, 5.74) is 0.179. The van der Waals surface area contributed by atoms with Crippen molar-refractivity contribution in [2.24, 2.45) is 5.41 Å². The Labute approximate surface area is 135 Å². The Morgan fingerprint density at radius 1 is 1.29 bits per heavy atom. The molecule has 0 bridgehead atoms. The predicted octanol–water partition coefficient (Wildman–Crippen LogP) is 3.82. The fourth-order valence-corrected chi connectivity index (χ4v) is 5.88. The number of aromatic nitrogens is 2. The summed E-state index contributed by atoms with van der Waals surface area (Å²) < 4.78 is 5.61. The lowest BCUT2D eigenvalue weighted by molar-refractivity contribution is 0.146. The molecule has 0 aliphatic carbocycles. The van der Waals surface area contributed by atoms with Crippen LogP contribution in [0.15, 0.2) is 4.52 Å². The van der Waals surface area contributed by atoms with Crippen LogP contribution in [0.4, 0.5) is 0 Å². The van der Waals surface area contributed by atoms with E-state index in [0.29, 0.717) is 15.7 Å². The molecule has 2 aliphatic heterocycles. The highest BCUT2D eigenvalue weighted by Gasteiger charge is 2.38. The van der Waals surface area contributed by atoms with E-state index in [1.54, 1.807) is 0 Å². The first-order valence-electron chi connectivity index (χ1n) is 7.81. The number of thioether (sulfide) groups is 2. The minimum atomic E-state index is 0.179. The molecule has 0 saturated carbocycles. The molecule has 0 radical (unpaired) electrons. The average Bonchev–Trinajstić information content (AvgIpc) is 2.91. The van der Waals surface area contributed by atoms with Gasteiger partial charge >= 0.3 is 0 Å². The fraction of sp³-hybridized carbons (Fsp3) is 0.867. The first kappa shape index (κ1) is 15.7. The Morgan fingerprint density at radius 2 is 2.10 bits per heavy atom. The molecular formula is C15H25N3OS2. The van der Waals surface area contributed by atoms with Crippen molar-refractivity contribution in [2.45, 2.75) is 62.3 Å². The standard InChI is InChI=1S/C15H25N3OS2/c1-9-10(2)21-11(8-20-9)13-17-14(19-18-13)12-15(3,4)6-5-7-16-12/h9-12,16H,5-8H2,1-4H3. The van der Waals surface area contributed by atoms with E-state index in [4.69, 9.17) is 9.51 Å². The third-order valence-electron chi connectivity index (χ3n) is 4.67. The molecule has 3 heterocycles. The molecule has 2 saturated heterocycles. The number of piperidine rings is 1. The molecule has 6 heteroatoms. The van der Waals surface area contributed by atoms with E-state index < -0.39 is 0 Å². The quantitative estimate of drug-likeness (QED) is 0.891. The van der Waals surface area contributed by atoms with Crippen molar-refractivity contribution in [3.05, 3.63) is 11.7 Å². The molecule has 2 aliphatic rings. The van der Waals surface area contributed by atoms with Gasteiger partial charge in [0, 0.05) is 16.3 Å². The predicted molar refractivity (Wildman–Crippen MR) is 89.8 cm³/mol. The van der Waals surface area contributed by atoms with Crippen LogP contribution in [-0.2, 0) is 0 Å². The Hall–Kier alpha value is -0.200. The summed E-state index contributed by atoms with van der Waals surface area (Å²) in [7, 11) is 0. The van der Waals surface area contributed by atoms with E-state index in [9.17, 15) is 0 Å². The zero-order valence-corrected chi connectivity index (χ0v) is 14.9. The van der Waals surface area contributed by atoms with Gasteiger partial charge < -0.3 is 9.84 Å². The lowest BCUT2D eigenvalue weighted by Gasteiger charge is -2.36. The van der Waals surface area contributed by atoms with E-state index in [1.165, 1.54) is 12.8 Å². The van der Waals surface area contributed by atoms with Crippen LogP contribution >= 0.6 is 23.5 Å². The zero-order chi connectivity index (χ0) is 15.0. The number of nitrogens with zero attached hydrogens (tertiary/aromatic N) is 2. The van der Waals surface area contributed by atoms with Gasteiger partial charge in [0.15, 0.2) is 5.82 Å². The molecule has 0 aromatic carbocycles. The van der Waals surface area contributed by atoms with Crippen LogP contribution in [0.2, 0.25) is 0 Å². The first-order chi connectivity index (χ1) is 9.97. The van der Waals surface area contributed by atoms with Crippen LogP contribution in [0.25, 0.3) is 0 Å². The summed E-state index contributed by atoms with van der Waals surface area (Å²) in [5, 5.41) is 9.54. The lowest BCUT2D eigenvalue weighted by Crippen LogP contribution is -2.39. The van der Waals surface area contributed by atoms with E-state index in [1.807, 2.05) is 23.5 Å². The molecule has 1 aromatic rings. The topological polar surface area (TPSA) is 51.0 Å². The summed E-state index contributed by atoms with van der Waals surface area (Å²) in [5.74, 6) is 2.73. The van der Waals surface area contributed by atoms with E-state index in [-0.39, 0.29) is 11.5 Å². The highest BCUT2D eigenvalue weighted by atomic mass is 32.2. The minimum Gasteiger partial charge on any atom is -0.338 e. The molecule has 0 amide bonds. The van der Waals surface area contributed by atoms with Crippen LogP contribution in [0.3, 0.4) is 0 Å². The van der Waals surface area contributed by atoms with E-state index in [0.717, 1.165) is 24.0 Å². The van der Waals surface area contributed by atoms with Crippen molar-refractivity contribution in [1.29, 1.82) is 0 Å². The average molecular weight is 328 g/mol. The van der Waals surface area contributed by atoms with Crippen LogP contribution in [0.1, 0.15) is 63.5 Å². The summed E-state index contributed by atoms with van der Waals surface area (Å²) in [4.78, 5) is 4.74. The number of nitrogens with one attached hydrogen (secondary N) is 1. The van der Waals surface area contributed by atoms with Gasteiger partial charge in [-0.1, -0.05) is 32.9 Å². The Morgan fingerprint density at radius 3 is 2.81 bits per heavy atom. The van der Waals surface area contributed by atoms with Gasteiger partial charge in [0.25, 0.3) is 0 Å². The molecule has 0 spiro atoms. The molecule has 21 heavy (non-hydrogen) atoms. The summed E-state index contributed by atoms with van der Waals surface area (Å²) in [6, 6.07) is 0.185. The van der Waals surface area contributed by atoms with Crippen molar-refractivity contribution in [3.8, 4) is 0 Å². The van der Waals surface area contributed by atoms with Gasteiger partial charge in [-0.3, -0.25) is 0 Å². The van der Waals surface area contributed by atoms with E-state index in [2.05, 4.69) is 38.2 Å². The van der Waals surface area contributed by atoms with Crippen LogP contribution in [0, 0.1) is 5.41 Å². The Balaban J connectivity index is 1.74. The van der Waals surface area contributed by atoms with Gasteiger partial charge in [0.1, 0.15) is 0 Å². The normalized spacial score (nSPS) is 36.6. The van der Waals surface area contributed by atoms with Crippen molar-refractivity contribution < 1.29 is 4.52 Å². The van der Waals surface area contributed by atoms with Crippen molar-refractivity contribution in [3.63, 3.8) is 0 Å². The minimum absolute atomic E-state index is 0.179. The van der Waals surface area contributed by atoms with Gasteiger partial charge in [-0.15, -0.1) is 11.8 Å². The fourth-order valence-electron chi connectivity index (χ4n) is 3.05. The maximum atomic E-state index is 5.61. The third-order valence-corrected chi connectivity index (χ3v) is 8.06. The molecule has 4 nitrogen and oxygen atoms in total. The highest BCUT2D eigenvalue weighted by molar-refractivity contribution is 8.07. The lowest BCUT2D eigenvalue weighted by atomic mass is 9.77. The van der Waals surface area contributed by atoms with Gasteiger partial charge in [-0.05, 0) is 24.8 Å². The second-order valence-electron chi connectivity index (χ2n) is 6.84. The number of rotatable bonds is 2. The van der Waals surface area contributed by atoms with Gasteiger partial charge in [0.05, 0.1) is 11.3 Å². The largest absolute Gasteiger partial charge is 0.338 e. The molecule has 118 valence electrons. The first-order valence-corrected chi connectivity index (χ1v) is 9.80. The molecule has 3 rings (SSSR count). The highest BCUT2D eigenvalue weighted by Crippen LogP contribution is 2.44. The van der Waals surface area contributed by atoms with Crippen LogP contribution < -0.4 is 5.32 Å². The Kier molecular flexibility index (Phi) is 4.58. The van der Waals surface area contributed by atoms with Crippen molar-refractivity contribution in [1.82, 2.24) is 15.5 Å². The third kappa shape index (κ3) is 3.27. The van der Waals surface area contributed by atoms with Crippen molar-refractivity contribution >= 4 is 23.5 Å². The second kappa shape index (κ2) is 6.13. The smallest absolute Gasteiger partial charge is 0.244 e. The SMILES string of the molecule is CC1SCC(c2noc(C3NCCCC3(C)C)n2)SC1C. The summed E-state index contributed by atoms with van der Waals surface area (Å²) in [6.45, 7) is 10.2. The maximum absolute atomic E-state index is 5.61.